The summed E-state index contributed by atoms with van der Waals surface area (Å²) in [4.78, 5) is 2.68. The van der Waals surface area contributed by atoms with Gasteiger partial charge in [-0.25, -0.2) is 0 Å². The van der Waals surface area contributed by atoms with Gasteiger partial charge in [-0.05, 0) is 61.8 Å². The van der Waals surface area contributed by atoms with Crippen molar-refractivity contribution in [2.45, 2.75) is 71.3 Å². The molecule has 0 aromatic rings. The van der Waals surface area contributed by atoms with Crippen LogP contribution in [0.25, 0.3) is 0 Å². The Hall–Kier alpha value is -0.0800. The van der Waals surface area contributed by atoms with Gasteiger partial charge in [-0.2, -0.15) is 0 Å². The van der Waals surface area contributed by atoms with Crippen molar-refractivity contribution in [1.82, 2.24) is 4.90 Å². The largest absolute Gasteiger partial charge is 0.393 e. The van der Waals surface area contributed by atoms with Crippen LogP contribution in [-0.2, 0) is 0 Å². The highest BCUT2D eigenvalue weighted by Gasteiger charge is 2.37. The SMILES string of the molecule is CC1(C)CCC(O)C(CN2CCC3CCCCC3C2)C1. The van der Waals surface area contributed by atoms with Gasteiger partial charge >= 0.3 is 0 Å². The zero-order valence-electron chi connectivity index (χ0n) is 13.5. The summed E-state index contributed by atoms with van der Waals surface area (Å²) in [5.74, 6) is 2.50. The lowest BCUT2D eigenvalue weighted by Crippen LogP contribution is -2.47. The summed E-state index contributed by atoms with van der Waals surface area (Å²) in [5.41, 5.74) is 0.438. The van der Waals surface area contributed by atoms with Crippen LogP contribution in [-0.4, -0.2) is 35.7 Å². The van der Waals surface area contributed by atoms with Crippen LogP contribution >= 0.6 is 0 Å². The molecule has 2 heteroatoms. The number of aliphatic hydroxyl groups excluding tert-OH is 1. The Morgan fingerprint density at radius 2 is 1.80 bits per heavy atom. The second kappa shape index (κ2) is 5.96. The number of likely N-dealkylation sites (tertiary alicyclic amines) is 1. The minimum Gasteiger partial charge on any atom is -0.393 e. The number of fused-ring (bicyclic) bond motifs is 1. The average molecular weight is 279 g/mol. The Morgan fingerprint density at radius 3 is 2.60 bits per heavy atom. The van der Waals surface area contributed by atoms with Crippen LogP contribution < -0.4 is 0 Å². The second-order valence-corrected chi connectivity index (χ2v) is 8.59. The number of rotatable bonds is 2. The highest BCUT2D eigenvalue weighted by atomic mass is 16.3. The Morgan fingerprint density at radius 1 is 1.05 bits per heavy atom. The maximum absolute atomic E-state index is 10.3. The van der Waals surface area contributed by atoms with Crippen LogP contribution in [0.5, 0.6) is 0 Å². The Labute approximate surface area is 124 Å². The summed E-state index contributed by atoms with van der Waals surface area (Å²) in [6.07, 6.45) is 10.6. The summed E-state index contributed by atoms with van der Waals surface area (Å²) in [5, 5.41) is 10.3. The van der Waals surface area contributed by atoms with Gasteiger partial charge in [-0.1, -0.05) is 33.1 Å². The molecule has 2 nitrogen and oxygen atoms in total. The van der Waals surface area contributed by atoms with Gasteiger partial charge in [0.15, 0.2) is 0 Å². The predicted molar refractivity (Wildman–Crippen MR) is 83.6 cm³/mol. The number of piperidine rings is 1. The lowest BCUT2D eigenvalue weighted by atomic mass is 9.70. The van der Waals surface area contributed by atoms with Gasteiger partial charge in [0.2, 0.25) is 0 Å². The molecule has 0 spiro atoms. The molecule has 2 aliphatic carbocycles. The molecule has 20 heavy (non-hydrogen) atoms. The normalized spacial score (nSPS) is 42.1. The van der Waals surface area contributed by atoms with Crippen LogP contribution in [0.4, 0.5) is 0 Å². The molecular weight excluding hydrogens is 246 g/mol. The van der Waals surface area contributed by atoms with Crippen LogP contribution in [0.3, 0.4) is 0 Å². The first-order valence-corrected chi connectivity index (χ1v) is 8.94. The van der Waals surface area contributed by atoms with Gasteiger partial charge in [0.05, 0.1) is 6.10 Å². The van der Waals surface area contributed by atoms with Crippen LogP contribution in [0.2, 0.25) is 0 Å². The highest BCUT2D eigenvalue weighted by Crippen LogP contribution is 2.41. The quantitative estimate of drug-likeness (QED) is 0.833. The monoisotopic (exact) mass is 279 g/mol. The van der Waals surface area contributed by atoms with Crippen LogP contribution in [0.15, 0.2) is 0 Å². The third-order valence-corrected chi connectivity index (χ3v) is 6.34. The number of hydrogen-bond acceptors (Lipinski definition) is 2. The van der Waals surface area contributed by atoms with Gasteiger partial charge < -0.3 is 10.0 Å². The van der Waals surface area contributed by atoms with E-state index in [1.54, 1.807) is 0 Å². The van der Waals surface area contributed by atoms with Crippen molar-refractivity contribution in [2.75, 3.05) is 19.6 Å². The summed E-state index contributed by atoms with van der Waals surface area (Å²) >= 11 is 0. The van der Waals surface area contributed by atoms with Gasteiger partial charge in [0.25, 0.3) is 0 Å². The smallest absolute Gasteiger partial charge is 0.0581 e. The van der Waals surface area contributed by atoms with Crippen LogP contribution in [0, 0.1) is 23.2 Å². The fraction of sp³-hybridized carbons (Fsp3) is 1.00. The fourth-order valence-electron chi connectivity index (χ4n) is 5.08. The molecule has 0 bridgehead atoms. The van der Waals surface area contributed by atoms with Crippen molar-refractivity contribution in [2.24, 2.45) is 23.2 Å². The first kappa shape index (κ1) is 14.8. The standard InChI is InChI=1S/C18H33NO/c1-18(2)9-7-17(20)16(11-18)13-19-10-8-14-5-3-4-6-15(14)12-19/h14-17,20H,3-13H2,1-2H3. The van der Waals surface area contributed by atoms with Gasteiger partial charge in [-0.15, -0.1) is 0 Å². The molecule has 3 aliphatic rings. The Bertz CT molecular complexity index is 327. The summed E-state index contributed by atoms with van der Waals surface area (Å²) in [6.45, 7) is 8.49. The van der Waals surface area contributed by atoms with E-state index in [2.05, 4.69) is 18.7 Å². The van der Waals surface area contributed by atoms with Crippen molar-refractivity contribution in [3.05, 3.63) is 0 Å². The lowest BCUT2D eigenvalue weighted by Gasteiger charge is -2.45. The van der Waals surface area contributed by atoms with Crippen LogP contribution in [0.1, 0.15) is 65.2 Å². The number of nitrogens with zero attached hydrogens (tertiary/aromatic N) is 1. The fourth-order valence-corrected chi connectivity index (χ4v) is 5.08. The molecule has 3 fully saturated rings. The van der Waals surface area contributed by atoms with Crippen molar-refractivity contribution < 1.29 is 5.11 Å². The van der Waals surface area contributed by atoms with E-state index in [9.17, 15) is 5.11 Å². The molecule has 0 aromatic carbocycles. The second-order valence-electron chi connectivity index (χ2n) is 8.59. The predicted octanol–water partition coefficient (Wildman–Crippen LogP) is 3.69. The Balaban J connectivity index is 1.54. The molecule has 1 saturated heterocycles. The maximum Gasteiger partial charge on any atom is 0.0581 e. The van der Waals surface area contributed by atoms with E-state index in [4.69, 9.17) is 0 Å². The van der Waals surface area contributed by atoms with Gasteiger partial charge in [0, 0.05) is 13.1 Å². The molecule has 1 heterocycles. The molecule has 4 atom stereocenters. The van der Waals surface area contributed by atoms with E-state index in [0.717, 1.165) is 24.8 Å². The molecule has 4 unspecified atom stereocenters. The molecule has 2 saturated carbocycles. The first-order valence-electron chi connectivity index (χ1n) is 8.94. The molecule has 3 rings (SSSR count). The summed E-state index contributed by atoms with van der Waals surface area (Å²) in [6, 6.07) is 0. The van der Waals surface area contributed by atoms with Crippen molar-refractivity contribution in [1.29, 1.82) is 0 Å². The molecule has 0 amide bonds. The molecule has 1 N–H and O–H groups in total. The number of hydrogen-bond donors (Lipinski definition) is 1. The van der Waals surface area contributed by atoms with E-state index < -0.39 is 0 Å². The van der Waals surface area contributed by atoms with E-state index >= 15 is 0 Å². The minimum atomic E-state index is -0.0490. The highest BCUT2D eigenvalue weighted by molar-refractivity contribution is 4.89. The molecule has 0 aromatic heterocycles. The Kier molecular flexibility index (Phi) is 4.42. The zero-order valence-corrected chi connectivity index (χ0v) is 13.5. The average Bonchev–Trinajstić information content (AvgIpc) is 2.43. The maximum atomic E-state index is 10.3. The first-order chi connectivity index (χ1) is 9.53. The van der Waals surface area contributed by atoms with E-state index in [1.165, 1.54) is 58.0 Å². The van der Waals surface area contributed by atoms with E-state index in [1.807, 2.05) is 0 Å². The molecule has 0 radical (unpaired) electrons. The molecule has 116 valence electrons. The number of aliphatic hydroxyl groups is 1. The van der Waals surface area contributed by atoms with Crippen molar-refractivity contribution in [3.63, 3.8) is 0 Å². The van der Waals surface area contributed by atoms with E-state index in [-0.39, 0.29) is 6.10 Å². The van der Waals surface area contributed by atoms with Gasteiger partial charge in [-0.3, -0.25) is 0 Å². The third kappa shape index (κ3) is 3.39. The third-order valence-electron chi connectivity index (χ3n) is 6.34. The van der Waals surface area contributed by atoms with Gasteiger partial charge in [0.1, 0.15) is 0 Å². The molecule has 1 aliphatic heterocycles. The lowest BCUT2D eigenvalue weighted by molar-refractivity contribution is -0.0105. The minimum absolute atomic E-state index is 0.0490. The molecular formula is C18H33NO. The summed E-state index contributed by atoms with van der Waals surface area (Å²) in [7, 11) is 0. The van der Waals surface area contributed by atoms with E-state index in [0.29, 0.717) is 11.3 Å². The topological polar surface area (TPSA) is 23.5 Å². The summed E-state index contributed by atoms with van der Waals surface area (Å²) < 4.78 is 0. The van der Waals surface area contributed by atoms with Crippen molar-refractivity contribution in [3.8, 4) is 0 Å². The zero-order chi connectivity index (χ0) is 14.2. The van der Waals surface area contributed by atoms with Crippen molar-refractivity contribution >= 4 is 0 Å².